The van der Waals surface area contributed by atoms with Crippen LogP contribution in [-0.4, -0.2) is 16.8 Å². The van der Waals surface area contributed by atoms with E-state index in [2.05, 4.69) is 5.10 Å². The van der Waals surface area contributed by atoms with Crippen LogP contribution in [0.25, 0.3) is 0 Å². The molecular weight excluding hydrogens is 231 g/mol. The van der Waals surface area contributed by atoms with E-state index in [0.717, 1.165) is 10.4 Å². The Balaban J connectivity index is 0.00000196. The molecule has 80 valence electrons. The smallest absolute Gasteiger partial charge is 0.448 e. The summed E-state index contributed by atoms with van der Waals surface area (Å²) in [6.07, 6.45) is 0.327. The second-order valence-electron chi connectivity index (χ2n) is 3.23. The van der Waals surface area contributed by atoms with E-state index in [-0.39, 0.29) is 51.4 Å². The molecule has 0 spiro atoms. The SMILES string of the molecule is CCc1cc(CC)n(C[B-](F)(F)F)n1.[K+]. The second kappa shape index (κ2) is 6.44. The van der Waals surface area contributed by atoms with Gasteiger partial charge in [0, 0.05) is 12.1 Å². The molecule has 0 bridgehead atoms. The van der Waals surface area contributed by atoms with Crippen LogP contribution < -0.4 is 51.4 Å². The fourth-order valence-corrected chi connectivity index (χ4v) is 1.33. The van der Waals surface area contributed by atoms with Crippen LogP contribution >= 0.6 is 0 Å². The summed E-state index contributed by atoms with van der Waals surface area (Å²) < 4.78 is 37.6. The van der Waals surface area contributed by atoms with Crippen LogP contribution in [0.4, 0.5) is 12.9 Å². The molecule has 0 amide bonds. The molecular formula is C8H13BF3KN2. The molecule has 0 N–H and O–H groups in total. The minimum absolute atomic E-state index is 0. The fourth-order valence-electron chi connectivity index (χ4n) is 1.33. The van der Waals surface area contributed by atoms with Crippen LogP contribution in [0.3, 0.4) is 0 Å². The minimum atomic E-state index is -4.80. The summed E-state index contributed by atoms with van der Waals surface area (Å²) in [6.45, 7) is -1.09. The third kappa shape index (κ3) is 5.04. The number of aromatic nitrogens is 2. The van der Waals surface area contributed by atoms with Gasteiger partial charge in [0.25, 0.3) is 0 Å². The van der Waals surface area contributed by atoms with E-state index >= 15 is 0 Å². The first-order valence-corrected chi connectivity index (χ1v) is 4.73. The molecule has 0 aliphatic heterocycles. The maximum absolute atomic E-state index is 12.2. The summed E-state index contributed by atoms with van der Waals surface area (Å²) in [7, 11) is 0. The van der Waals surface area contributed by atoms with E-state index in [0.29, 0.717) is 18.5 Å². The molecule has 15 heavy (non-hydrogen) atoms. The van der Waals surface area contributed by atoms with Gasteiger partial charge in [-0.1, -0.05) is 13.8 Å². The molecule has 0 atom stereocenters. The third-order valence-electron chi connectivity index (χ3n) is 2.02. The average molecular weight is 244 g/mol. The number of hydrogen-bond acceptors (Lipinski definition) is 1. The molecule has 0 aliphatic rings. The van der Waals surface area contributed by atoms with Crippen molar-refractivity contribution in [1.82, 2.24) is 9.78 Å². The Hall–Kier alpha value is 0.701. The van der Waals surface area contributed by atoms with Gasteiger partial charge in [0.05, 0.1) is 5.69 Å². The van der Waals surface area contributed by atoms with Crippen molar-refractivity contribution in [2.24, 2.45) is 0 Å². The van der Waals surface area contributed by atoms with Crippen LogP contribution in [0.15, 0.2) is 6.07 Å². The Morgan fingerprint density at radius 1 is 1.27 bits per heavy atom. The monoisotopic (exact) mass is 244 g/mol. The van der Waals surface area contributed by atoms with Crippen molar-refractivity contribution in [2.75, 3.05) is 0 Å². The average Bonchev–Trinajstić information content (AvgIpc) is 2.44. The van der Waals surface area contributed by atoms with Crippen molar-refractivity contribution >= 4 is 6.98 Å². The molecule has 0 unspecified atom stereocenters. The van der Waals surface area contributed by atoms with Gasteiger partial charge in [-0.25, -0.2) is 0 Å². The molecule has 1 heterocycles. The van der Waals surface area contributed by atoms with Crippen molar-refractivity contribution in [3.8, 4) is 0 Å². The molecule has 1 aromatic heterocycles. The summed E-state index contributed by atoms with van der Waals surface area (Å²) in [5, 5.41) is 3.90. The van der Waals surface area contributed by atoms with Crippen molar-refractivity contribution in [3.63, 3.8) is 0 Å². The topological polar surface area (TPSA) is 17.8 Å². The van der Waals surface area contributed by atoms with Gasteiger partial charge < -0.3 is 12.9 Å². The Kier molecular flexibility index (Phi) is 6.74. The summed E-state index contributed by atoms with van der Waals surface area (Å²) in [5.74, 6) is 0. The molecule has 0 aromatic carbocycles. The fraction of sp³-hybridized carbons (Fsp3) is 0.625. The summed E-state index contributed by atoms with van der Waals surface area (Å²) in [6, 6.07) is 1.74. The van der Waals surface area contributed by atoms with Gasteiger partial charge in [0.2, 0.25) is 0 Å². The molecule has 1 aromatic rings. The zero-order valence-electron chi connectivity index (χ0n) is 9.30. The second-order valence-corrected chi connectivity index (χ2v) is 3.23. The zero-order valence-corrected chi connectivity index (χ0v) is 12.4. The van der Waals surface area contributed by atoms with Crippen LogP contribution in [0.1, 0.15) is 25.2 Å². The van der Waals surface area contributed by atoms with E-state index in [9.17, 15) is 12.9 Å². The van der Waals surface area contributed by atoms with Crippen LogP contribution in [-0.2, 0) is 19.3 Å². The van der Waals surface area contributed by atoms with E-state index in [1.54, 1.807) is 6.07 Å². The quantitative estimate of drug-likeness (QED) is 0.647. The third-order valence-corrected chi connectivity index (χ3v) is 2.02. The molecule has 0 fully saturated rings. The van der Waals surface area contributed by atoms with Gasteiger partial charge in [-0.05, 0) is 18.9 Å². The van der Waals surface area contributed by atoms with Crippen LogP contribution in [0, 0.1) is 0 Å². The predicted octanol–water partition coefficient (Wildman–Crippen LogP) is -0.601. The first-order valence-electron chi connectivity index (χ1n) is 4.73. The molecule has 1 rings (SSSR count). The van der Waals surface area contributed by atoms with Crippen molar-refractivity contribution < 1.29 is 64.3 Å². The molecule has 0 aliphatic carbocycles. The zero-order chi connectivity index (χ0) is 10.8. The number of halogens is 3. The summed E-state index contributed by atoms with van der Waals surface area (Å²) >= 11 is 0. The van der Waals surface area contributed by atoms with Gasteiger partial charge in [0.1, 0.15) is 0 Å². The molecule has 7 heteroatoms. The number of rotatable bonds is 4. The van der Waals surface area contributed by atoms with E-state index in [1.807, 2.05) is 13.8 Å². The largest absolute Gasteiger partial charge is 1.00 e. The van der Waals surface area contributed by atoms with Gasteiger partial charge in [-0.2, -0.15) is 5.10 Å². The Labute approximate surface area is 130 Å². The molecule has 2 nitrogen and oxygen atoms in total. The summed E-state index contributed by atoms with van der Waals surface area (Å²) in [5.41, 5.74) is 1.38. The van der Waals surface area contributed by atoms with Gasteiger partial charge in [-0.3, -0.25) is 4.68 Å². The van der Waals surface area contributed by atoms with Crippen LogP contribution in [0.5, 0.6) is 0 Å². The predicted molar refractivity (Wildman–Crippen MR) is 50.1 cm³/mol. The normalized spacial score (nSPS) is 11.3. The maximum Gasteiger partial charge on any atom is 1.00 e. The number of aryl methyl sites for hydroxylation is 2. The van der Waals surface area contributed by atoms with Crippen molar-refractivity contribution in [3.05, 3.63) is 17.5 Å². The van der Waals surface area contributed by atoms with Crippen molar-refractivity contribution in [1.29, 1.82) is 0 Å². The van der Waals surface area contributed by atoms with E-state index in [4.69, 9.17) is 0 Å². The molecule has 0 radical (unpaired) electrons. The molecule has 0 saturated heterocycles. The van der Waals surface area contributed by atoms with Gasteiger partial charge in [-0.15, -0.1) is 0 Å². The first-order chi connectivity index (χ1) is 6.46. The standard InChI is InChI=1S/C8H13BF3N2.K/c1-3-7-5-8(4-2)14(13-7)6-9(10,11)12;/h5H,3-4,6H2,1-2H3;/q-1;+1. The Morgan fingerprint density at radius 2 is 1.87 bits per heavy atom. The maximum atomic E-state index is 12.2. The molecule has 0 saturated carbocycles. The minimum Gasteiger partial charge on any atom is -0.448 e. The van der Waals surface area contributed by atoms with Crippen LogP contribution in [0.2, 0.25) is 0 Å². The van der Waals surface area contributed by atoms with Gasteiger partial charge in [0.15, 0.2) is 0 Å². The first kappa shape index (κ1) is 15.7. The van der Waals surface area contributed by atoms with Gasteiger partial charge >= 0.3 is 58.4 Å². The number of nitrogens with zero attached hydrogens (tertiary/aromatic N) is 2. The number of hydrogen-bond donors (Lipinski definition) is 0. The Bertz CT molecular complexity index is 311. The summed E-state index contributed by atoms with van der Waals surface area (Å²) in [4.78, 5) is 0. The van der Waals surface area contributed by atoms with E-state index in [1.165, 1.54) is 0 Å². The van der Waals surface area contributed by atoms with E-state index < -0.39 is 13.4 Å². The Morgan fingerprint density at radius 3 is 2.27 bits per heavy atom. The van der Waals surface area contributed by atoms with Crippen molar-refractivity contribution in [2.45, 2.75) is 33.1 Å².